The first-order valence-corrected chi connectivity index (χ1v) is 18.4. The van der Waals surface area contributed by atoms with Gasteiger partial charge >= 0.3 is 5.97 Å². The molecule has 3 aromatic carbocycles. The van der Waals surface area contributed by atoms with Gasteiger partial charge in [-0.05, 0) is 79.4 Å². The molecule has 0 saturated heterocycles. The van der Waals surface area contributed by atoms with Crippen LogP contribution in [0.5, 0.6) is 5.75 Å². The third-order valence-electron chi connectivity index (χ3n) is 6.97. The number of rotatable bonds is 14. The van der Waals surface area contributed by atoms with Gasteiger partial charge in [0.05, 0.1) is 30.7 Å². The molecule has 0 N–H and O–H groups in total. The van der Waals surface area contributed by atoms with Gasteiger partial charge in [0, 0.05) is 11.3 Å². The number of unbranched alkanes of at least 4 members (excludes halogenated alkanes) is 6. The molecule has 0 aliphatic carbocycles. The summed E-state index contributed by atoms with van der Waals surface area (Å²) in [5, 5.41) is 3.01. The zero-order valence-corrected chi connectivity index (χ0v) is 25.4. The molecule has 198 valence electrons. The summed E-state index contributed by atoms with van der Waals surface area (Å²) < 4.78 is 6.42. The Hall–Kier alpha value is -2.17. The van der Waals surface area contributed by atoms with Crippen LogP contribution < -0.4 is 15.3 Å². The van der Waals surface area contributed by atoms with E-state index in [4.69, 9.17) is 17.0 Å². The lowest BCUT2D eigenvalue weighted by molar-refractivity contribution is -0.134. The average Bonchev–Trinajstić information content (AvgIpc) is 3.39. The summed E-state index contributed by atoms with van der Waals surface area (Å²) in [7, 11) is 1.92. The van der Waals surface area contributed by atoms with Crippen LogP contribution in [0.15, 0.2) is 91.0 Å². The predicted octanol–water partition coefficient (Wildman–Crippen LogP) is 9.53. The van der Waals surface area contributed by atoms with Crippen molar-refractivity contribution >= 4 is 56.7 Å². The highest BCUT2D eigenvalue weighted by molar-refractivity contribution is 7.88. The number of hydrogen-bond donors (Lipinski definition) is 0. The lowest BCUT2D eigenvalue weighted by Crippen LogP contribution is -2.23. The fourth-order valence-electron chi connectivity index (χ4n) is 4.74. The number of hydrogen-bond acceptors (Lipinski definition) is 5. The van der Waals surface area contributed by atoms with Crippen molar-refractivity contribution in [3.05, 3.63) is 94.8 Å². The maximum absolute atomic E-state index is 12.2. The third-order valence-corrected chi connectivity index (χ3v) is 14.0. The Labute approximate surface area is 240 Å². The van der Waals surface area contributed by atoms with Crippen molar-refractivity contribution in [3.8, 4) is 16.2 Å². The van der Waals surface area contributed by atoms with Crippen molar-refractivity contribution < 1.29 is 9.53 Å². The number of carbonyl (C=O) groups excluding carboxylic acids is 1. The highest BCUT2D eigenvalue weighted by Gasteiger charge is 2.36. The molecule has 0 amide bonds. The molecular formula is C32H36O2PS3+. The Morgan fingerprint density at radius 2 is 1.29 bits per heavy atom. The van der Waals surface area contributed by atoms with Gasteiger partial charge in [-0.15, -0.1) is 0 Å². The van der Waals surface area contributed by atoms with Gasteiger partial charge < -0.3 is 4.74 Å². The standard InChI is InChI=1S/C32H36O2PS3/c1-35(28-15-9-7-10-16-28,29-17-11-8-12-18-29)24-14-6-4-2-3-5-13-19-31(33)34-27-22-20-26(21-23-27)30-25-32(36)38-37-30/h7-12,15-18,20-23,25H,2-6,13-14,19,24H2,1H3/q+1. The molecule has 2 nitrogen and oxygen atoms in total. The molecule has 1 aromatic heterocycles. The lowest BCUT2D eigenvalue weighted by Gasteiger charge is -2.23. The molecule has 0 unspecified atom stereocenters. The summed E-state index contributed by atoms with van der Waals surface area (Å²) in [5.74, 6) is 0.465. The lowest BCUT2D eigenvalue weighted by atomic mass is 10.1. The van der Waals surface area contributed by atoms with Crippen molar-refractivity contribution in [1.29, 1.82) is 0 Å². The summed E-state index contributed by atoms with van der Waals surface area (Å²) in [6, 6.07) is 31.9. The van der Waals surface area contributed by atoms with Crippen LogP contribution in [0.3, 0.4) is 0 Å². The van der Waals surface area contributed by atoms with E-state index in [0.717, 1.165) is 27.1 Å². The second-order valence-corrected chi connectivity index (χ2v) is 16.6. The normalized spacial score (nSPS) is 11.4. The van der Waals surface area contributed by atoms with E-state index in [9.17, 15) is 4.79 Å². The van der Waals surface area contributed by atoms with Crippen LogP contribution in [0.1, 0.15) is 51.4 Å². The number of carbonyl (C=O) groups is 1. The number of benzene rings is 3. The molecule has 4 aromatic rings. The molecule has 0 spiro atoms. The van der Waals surface area contributed by atoms with Crippen molar-refractivity contribution in [3.63, 3.8) is 0 Å². The fourth-order valence-corrected chi connectivity index (χ4v) is 10.5. The summed E-state index contributed by atoms with van der Waals surface area (Å²) in [6.45, 7) is 2.49. The van der Waals surface area contributed by atoms with Gasteiger partial charge in [-0.1, -0.05) is 95.0 Å². The molecule has 0 bridgehead atoms. The largest absolute Gasteiger partial charge is 0.427 e. The van der Waals surface area contributed by atoms with Gasteiger partial charge in [0.15, 0.2) is 0 Å². The molecule has 38 heavy (non-hydrogen) atoms. The Morgan fingerprint density at radius 3 is 1.84 bits per heavy atom. The second kappa shape index (κ2) is 14.8. The smallest absolute Gasteiger partial charge is 0.311 e. The average molecular weight is 580 g/mol. The highest BCUT2D eigenvalue weighted by Crippen LogP contribution is 2.53. The molecule has 0 aliphatic rings. The van der Waals surface area contributed by atoms with E-state index in [1.54, 1.807) is 20.7 Å². The van der Waals surface area contributed by atoms with Crippen molar-refractivity contribution in [2.24, 2.45) is 0 Å². The van der Waals surface area contributed by atoms with E-state index < -0.39 is 7.26 Å². The molecular weight excluding hydrogens is 544 g/mol. The molecule has 0 aliphatic heterocycles. The Kier molecular flexibility index (Phi) is 11.3. The quantitative estimate of drug-likeness (QED) is 0.0372. The predicted molar refractivity (Wildman–Crippen MR) is 171 cm³/mol. The second-order valence-electron chi connectivity index (χ2n) is 9.80. The maximum atomic E-state index is 12.2. The SMILES string of the molecule is C[P+](CCCCCCCCCC(=O)Oc1ccc(-c2cc(=S)ss2)cc1)(c1ccccc1)c1ccccc1. The molecule has 0 atom stereocenters. The van der Waals surface area contributed by atoms with Crippen LogP contribution in [0.2, 0.25) is 0 Å². The van der Waals surface area contributed by atoms with Crippen LogP contribution >= 0.6 is 40.2 Å². The van der Waals surface area contributed by atoms with E-state index in [1.165, 1.54) is 48.9 Å². The van der Waals surface area contributed by atoms with Crippen molar-refractivity contribution in [2.75, 3.05) is 12.8 Å². The summed E-state index contributed by atoms with van der Waals surface area (Å²) in [4.78, 5) is 13.4. The van der Waals surface area contributed by atoms with E-state index in [2.05, 4.69) is 67.3 Å². The van der Waals surface area contributed by atoms with E-state index >= 15 is 0 Å². The first-order chi connectivity index (χ1) is 18.5. The molecule has 6 heteroatoms. The Bertz CT molecular complexity index is 1270. The van der Waals surface area contributed by atoms with E-state index in [1.807, 2.05) is 30.3 Å². The van der Waals surface area contributed by atoms with Gasteiger partial charge in [0.1, 0.15) is 9.57 Å². The highest BCUT2D eigenvalue weighted by atomic mass is 32.9. The molecule has 4 rings (SSSR count). The fraction of sp³-hybridized carbons (Fsp3) is 0.312. The molecule has 0 radical (unpaired) electrons. The van der Waals surface area contributed by atoms with Crippen LogP contribution in [0.25, 0.3) is 10.4 Å². The Morgan fingerprint density at radius 1 is 0.737 bits per heavy atom. The summed E-state index contributed by atoms with van der Waals surface area (Å²) >= 11 is 5.21. The Balaban J connectivity index is 1.10. The van der Waals surface area contributed by atoms with E-state index in [-0.39, 0.29) is 5.97 Å². The van der Waals surface area contributed by atoms with Crippen LogP contribution in [-0.2, 0) is 4.79 Å². The van der Waals surface area contributed by atoms with Crippen LogP contribution in [0.4, 0.5) is 0 Å². The van der Waals surface area contributed by atoms with Crippen molar-refractivity contribution in [2.45, 2.75) is 51.4 Å². The van der Waals surface area contributed by atoms with Gasteiger partial charge in [0.25, 0.3) is 0 Å². The first-order valence-electron chi connectivity index (χ1n) is 13.4. The van der Waals surface area contributed by atoms with Crippen molar-refractivity contribution in [1.82, 2.24) is 0 Å². The topological polar surface area (TPSA) is 26.3 Å². The molecule has 1 heterocycles. The monoisotopic (exact) mass is 579 g/mol. The molecule has 0 fully saturated rings. The van der Waals surface area contributed by atoms with Gasteiger partial charge in [-0.3, -0.25) is 4.79 Å². The minimum absolute atomic E-state index is 0.144. The minimum Gasteiger partial charge on any atom is -0.427 e. The van der Waals surface area contributed by atoms with Gasteiger partial charge in [-0.25, -0.2) is 0 Å². The number of ether oxygens (including phenoxy) is 1. The maximum Gasteiger partial charge on any atom is 0.311 e. The van der Waals surface area contributed by atoms with Gasteiger partial charge in [-0.2, -0.15) is 0 Å². The third kappa shape index (κ3) is 8.41. The number of esters is 1. The van der Waals surface area contributed by atoms with Crippen LogP contribution in [-0.4, -0.2) is 18.8 Å². The molecule has 0 saturated carbocycles. The van der Waals surface area contributed by atoms with Crippen LogP contribution in [0, 0.1) is 3.82 Å². The minimum atomic E-state index is -1.35. The van der Waals surface area contributed by atoms with E-state index in [0.29, 0.717) is 12.2 Å². The van der Waals surface area contributed by atoms with Gasteiger partial charge in [0.2, 0.25) is 0 Å². The first kappa shape index (κ1) is 28.8. The zero-order valence-electron chi connectivity index (χ0n) is 22.0. The zero-order chi connectivity index (χ0) is 26.6. The summed E-state index contributed by atoms with van der Waals surface area (Å²) in [5.41, 5.74) is 1.11. The summed E-state index contributed by atoms with van der Waals surface area (Å²) in [6.07, 6.45) is 9.92.